The quantitative estimate of drug-likeness (QED) is 0.881. The Labute approximate surface area is 116 Å². The molecule has 0 atom stereocenters. The van der Waals surface area contributed by atoms with Gasteiger partial charge in [-0.15, -0.1) is 11.3 Å². The molecule has 2 heterocycles. The Morgan fingerprint density at radius 3 is 2.84 bits per heavy atom. The molecule has 0 unspecified atom stereocenters. The molecule has 2 rings (SSSR count). The van der Waals surface area contributed by atoms with Crippen LogP contribution in [0.5, 0.6) is 0 Å². The highest BCUT2D eigenvalue weighted by atomic mass is 32.1. The molecule has 2 aromatic heterocycles. The first-order valence-electron chi connectivity index (χ1n) is 6.18. The standard InChI is InChI=1S/C13H16N4OS/c1-3-10-7-9(8-11(16-10)14-4-2)12(18)17-13-15-5-6-19-13/h5-8H,3-4H2,1-2H3,(H,14,16)(H,15,17,18). The van der Waals surface area contributed by atoms with E-state index in [2.05, 4.69) is 20.6 Å². The summed E-state index contributed by atoms with van der Waals surface area (Å²) in [4.78, 5) is 20.6. The number of carbonyl (C=O) groups is 1. The number of hydrogen-bond donors (Lipinski definition) is 2. The van der Waals surface area contributed by atoms with E-state index in [9.17, 15) is 4.79 Å². The van der Waals surface area contributed by atoms with Crippen LogP contribution in [0.2, 0.25) is 0 Å². The lowest BCUT2D eigenvalue weighted by atomic mass is 10.2. The largest absolute Gasteiger partial charge is 0.370 e. The predicted molar refractivity (Wildman–Crippen MR) is 77.8 cm³/mol. The number of anilines is 2. The maximum Gasteiger partial charge on any atom is 0.257 e. The molecule has 0 aliphatic rings. The average molecular weight is 276 g/mol. The molecule has 6 heteroatoms. The van der Waals surface area contributed by atoms with Crippen LogP contribution in [0.25, 0.3) is 0 Å². The molecule has 5 nitrogen and oxygen atoms in total. The van der Waals surface area contributed by atoms with Gasteiger partial charge in [0, 0.05) is 29.4 Å². The maximum absolute atomic E-state index is 12.1. The summed E-state index contributed by atoms with van der Waals surface area (Å²) in [7, 11) is 0. The molecule has 0 aliphatic heterocycles. The predicted octanol–water partition coefficient (Wildman–Crippen LogP) is 2.78. The van der Waals surface area contributed by atoms with Crippen LogP contribution in [-0.4, -0.2) is 22.4 Å². The lowest BCUT2D eigenvalue weighted by Crippen LogP contribution is -2.13. The summed E-state index contributed by atoms with van der Waals surface area (Å²) >= 11 is 1.40. The molecule has 0 aliphatic carbocycles. The SMILES string of the molecule is CCNc1cc(C(=O)Nc2nccs2)cc(CC)n1. The van der Waals surface area contributed by atoms with E-state index in [0.29, 0.717) is 10.7 Å². The monoisotopic (exact) mass is 276 g/mol. The topological polar surface area (TPSA) is 66.9 Å². The number of thiazole rings is 1. The van der Waals surface area contributed by atoms with Crippen molar-refractivity contribution in [2.24, 2.45) is 0 Å². The zero-order chi connectivity index (χ0) is 13.7. The third-order valence-corrected chi connectivity index (χ3v) is 3.20. The van der Waals surface area contributed by atoms with E-state index in [0.717, 1.165) is 24.5 Å². The zero-order valence-electron chi connectivity index (χ0n) is 10.9. The van der Waals surface area contributed by atoms with Gasteiger partial charge >= 0.3 is 0 Å². The number of rotatable bonds is 5. The molecule has 0 bridgehead atoms. The average Bonchev–Trinajstić information content (AvgIpc) is 2.91. The molecule has 2 N–H and O–H groups in total. The smallest absolute Gasteiger partial charge is 0.257 e. The van der Waals surface area contributed by atoms with Crippen molar-refractivity contribution in [2.75, 3.05) is 17.2 Å². The van der Waals surface area contributed by atoms with Crippen molar-refractivity contribution in [2.45, 2.75) is 20.3 Å². The van der Waals surface area contributed by atoms with Crippen LogP contribution in [0.4, 0.5) is 10.9 Å². The highest BCUT2D eigenvalue weighted by molar-refractivity contribution is 7.13. The second kappa shape index (κ2) is 6.29. The minimum atomic E-state index is -0.161. The van der Waals surface area contributed by atoms with Crippen molar-refractivity contribution < 1.29 is 4.79 Å². The second-order valence-corrected chi connectivity index (χ2v) is 4.80. The van der Waals surface area contributed by atoms with E-state index in [1.165, 1.54) is 11.3 Å². The highest BCUT2D eigenvalue weighted by Gasteiger charge is 2.10. The summed E-state index contributed by atoms with van der Waals surface area (Å²) in [5, 5.41) is 8.33. The van der Waals surface area contributed by atoms with Gasteiger partial charge in [-0.1, -0.05) is 6.92 Å². The molecular formula is C13H16N4OS. The second-order valence-electron chi connectivity index (χ2n) is 3.91. The maximum atomic E-state index is 12.1. The van der Waals surface area contributed by atoms with E-state index in [-0.39, 0.29) is 5.91 Å². The summed E-state index contributed by atoms with van der Waals surface area (Å²) < 4.78 is 0. The van der Waals surface area contributed by atoms with Crippen LogP contribution in [-0.2, 0) is 6.42 Å². The molecule has 2 aromatic rings. The van der Waals surface area contributed by atoms with Gasteiger partial charge in [-0.3, -0.25) is 10.1 Å². The fraction of sp³-hybridized carbons (Fsp3) is 0.308. The number of amides is 1. The van der Waals surface area contributed by atoms with E-state index in [1.807, 2.05) is 25.3 Å². The zero-order valence-corrected chi connectivity index (χ0v) is 11.8. The molecule has 0 saturated carbocycles. The van der Waals surface area contributed by atoms with Crippen LogP contribution >= 0.6 is 11.3 Å². The molecule has 0 radical (unpaired) electrons. The van der Waals surface area contributed by atoms with E-state index >= 15 is 0 Å². The van der Waals surface area contributed by atoms with E-state index < -0.39 is 0 Å². The van der Waals surface area contributed by atoms with Crippen LogP contribution in [0.3, 0.4) is 0 Å². The van der Waals surface area contributed by atoms with Gasteiger partial charge in [-0.25, -0.2) is 9.97 Å². The Morgan fingerprint density at radius 2 is 2.21 bits per heavy atom. The van der Waals surface area contributed by atoms with Gasteiger partial charge in [-0.05, 0) is 25.5 Å². The molecule has 0 spiro atoms. The van der Waals surface area contributed by atoms with Gasteiger partial charge in [-0.2, -0.15) is 0 Å². The van der Waals surface area contributed by atoms with Crippen molar-refractivity contribution in [1.82, 2.24) is 9.97 Å². The molecule has 1 amide bonds. The van der Waals surface area contributed by atoms with E-state index in [4.69, 9.17) is 0 Å². The van der Waals surface area contributed by atoms with Crippen LogP contribution in [0.15, 0.2) is 23.7 Å². The van der Waals surface area contributed by atoms with Gasteiger partial charge in [0.15, 0.2) is 5.13 Å². The fourth-order valence-electron chi connectivity index (χ4n) is 1.63. The minimum Gasteiger partial charge on any atom is -0.370 e. The Bertz CT molecular complexity index is 554. The van der Waals surface area contributed by atoms with Crippen molar-refractivity contribution in [1.29, 1.82) is 0 Å². The molecule has 0 aromatic carbocycles. The van der Waals surface area contributed by atoms with Crippen LogP contribution in [0, 0.1) is 0 Å². The first-order valence-corrected chi connectivity index (χ1v) is 7.06. The first-order chi connectivity index (χ1) is 9.22. The summed E-state index contributed by atoms with van der Waals surface area (Å²) in [5.74, 6) is 0.567. The fourth-order valence-corrected chi connectivity index (χ4v) is 2.15. The first kappa shape index (κ1) is 13.5. The molecule has 100 valence electrons. The summed E-state index contributed by atoms with van der Waals surface area (Å²) in [6.45, 7) is 4.78. The highest BCUT2D eigenvalue weighted by Crippen LogP contribution is 2.15. The Balaban J connectivity index is 2.22. The number of nitrogens with one attached hydrogen (secondary N) is 2. The minimum absolute atomic E-state index is 0.161. The molecule has 19 heavy (non-hydrogen) atoms. The third-order valence-electron chi connectivity index (χ3n) is 2.51. The number of hydrogen-bond acceptors (Lipinski definition) is 5. The number of aryl methyl sites for hydroxylation is 1. The lowest BCUT2D eigenvalue weighted by Gasteiger charge is -2.08. The Kier molecular flexibility index (Phi) is 4.46. The number of nitrogens with zero attached hydrogens (tertiary/aromatic N) is 2. The van der Waals surface area contributed by atoms with Crippen LogP contribution < -0.4 is 10.6 Å². The van der Waals surface area contributed by atoms with Gasteiger partial charge in [0.1, 0.15) is 5.82 Å². The summed E-state index contributed by atoms with van der Waals surface area (Å²) in [5.41, 5.74) is 1.49. The lowest BCUT2D eigenvalue weighted by molar-refractivity contribution is 0.102. The number of carbonyl (C=O) groups excluding carboxylic acids is 1. The summed E-state index contributed by atoms with van der Waals surface area (Å²) in [6.07, 6.45) is 2.45. The third kappa shape index (κ3) is 3.51. The Morgan fingerprint density at radius 1 is 1.37 bits per heavy atom. The summed E-state index contributed by atoms with van der Waals surface area (Å²) in [6, 6.07) is 3.56. The van der Waals surface area contributed by atoms with Crippen LogP contribution in [0.1, 0.15) is 29.9 Å². The van der Waals surface area contributed by atoms with Crippen molar-refractivity contribution in [3.05, 3.63) is 35.0 Å². The molecule has 0 saturated heterocycles. The van der Waals surface area contributed by atoms with Gasteiger partial charge < -0.3 is 5.32 Å². The number of aromatic nitrogens is 2. The normalized spacial score (nSPS) is 10.2. The van der Waals surface area contributed by atoms with E-state index in [1.54, 1.807) is 12.3 Å². The van der Waals surface area contributed by atoms with Crippen molar-refractivity contribution in [3.63, 3.8) is 0 Å². The van der Waals surface area contributed by atoms with Gasteiger partial charge in [0.05, 0.1) is 0 Å². The molecule has 0 fully saturated rings. The van der Waals surface area contributed by atoms with Crippen molar-refractivity contribution >= 4 is 28.2 Å². The van der Waals surface area contributed by atoms with Gasteiger partial charge in [0.25, 0.3) is 5.91 Å². The molecular weight excluding hydrogens is 260 g/mol. The number of pyridine rings is 1. The van der Waals surface area contributed by atoms with Gasteiger partial charge in [0.2, 0.25) is 0 Å². The van der Waals surface area contributed by atoms with Crippen molar-refractivity contribution in [3.8, 4) is 0 Å². The Hall–Kier alpha value is -1.95.